The first kappa shape index (κ1) is 9.54. The fourth-order valence-corrected chi connectivity index (χ4v) is 2.77. The number of amides is 1. The molecule has 2 fully saturated rings. The number of fused-ring (bicyclic) bond motifs is 1. The van der Waals surface area contributed by atoms with Crippen LogP contribution >= 0.6 is 0 Å². The van der Waals surface area contributed by atoms with E-state index in [2.05, 4.69) is 18.2 Å². The molecule has 0 radical (unpaired) electrons. The van der Waals surface area contributed by atoms with Gasteiger partial charge in [0, 0.05) is 25.2 Å². The van der Waals surface area contributed by atoms with E-state index in [0.29, 0.717) is 18.0 Å². The smallest absolute Gasteiger partial charge is 0.235 e. The van der Waals surface area contributed by atoms with E-state index in [4.69, 9.17) is 6.42 Å². The van der Waals surface area contributed by atoms with Crippen LogP contribution < -0.4 is 5.32 Å². The summed E-state index contributed by atoms with van der Waals surface area (Å²) < 4.78 is 0. The summed E-state index contributed by atoms with van der Waals surface area (Å²) in [4.78, 5) is 13.7. The number of terminal acetylenes is 1. The minimum absolute atomic E-state index is 0.121. The van der Waals surface area contributed by atoms with Crippen LogP contribution in [0.5, 0.6) is 0 Å². The van der Waals surface area contributed by atoms with E-state index < -0.39 is 0 Å². The van der Waals surface area contributed by atoms with E-state index in [1.54, 1.807) is 0 Å². The van der Waals surface area contributed by atoms with Gasteiger partial charge < -0.3 is 10.2 Å². The molecule has 2 aliphatic rings. The third-order valence-corrected chi connectivity index (χ3v) is 3.32. The van der Waals surface area contributed by atoms with Crippen LogP contribution in [0.1, 0.15) is 19.8 Å². The van der Waals surface area contributed by atoms with E-state index in [1.807, 2.05) is 4.90 Å². The average molecular weight is 192 g/mol. The normalized spacial score (nSPS) is 35.4. The van der Waals surface area contributed by atoms with Gasteiger partial charge in [0.2, 0.25) is 5.91 Å². The molecule has 3 nitrogen and oxygen atoms in total. The first-order valence-electron chi connectivity index (χ1n) is 5.19. The Labute approximate surface area is 84.8 Å². The number of nitrogens with zero attached hydrogens (tertiary/aromatic N) is 1. The summed E-state index contributed by atoms with van der Waals surface area (Å²) in [5.74, 6) is 3.20. The minimum atomic E-state index is 0.121. The van der Waals surface area contributed by atoms with Gasteiger partial charge in [0.1, 0.15) is 0 Å². The Morgan fingerprint density at radius 1 is 1.64 bits per heavy atom. The molecule has 0 aromatic rings. The van der Waals surface area contributed by atoms with Gasteiger partial charge in [-0.3, -0.25) is 4.79 Å². The second-order valence-electron chi connectivity index (χ2n) is 4.25. The summed E-state index contributed by atoms with van der Waals surface area (Å²) in [5, 5.41) is 3.33. The van der Waals surface area contributed by atoms with Crippen LogP contribution in [0, 0.1) is 18.3 Å². The number of hydrogen-bond donors (Lipinski definition) is 1. The molecule has 1 N–H and O–H groups in total. The molecule has 0 bridgehead atoms. The second kappa shape index (κ2) is 3.62. The minimum Gasteiger partial charge on any atom is -0.335 e. The van der Waals surface area contributed by atoms with Crippen LogP contribution in [-0.4, -0.2) is 36.0 Å². The van der Waals surface area contributed by atoms with Crippen molar-refractivity contribution in [2.75, 3.05) is 13.1 Å². The third-order valence-electron chi connectivity index (χ3n) is 3.32. The Kier molecular flexibility index (Phi) is 2.47. The molecular formula is C11H16N2O. The maximum Gasteiger partial charge on any atom is 0.235 e. The van der Waals surface area contributed by atoms with E-state index in [9.17, 15) is 4.79 Å². The van der Waals surface area contributed by atoms with Crippen LogP contribution in [0.4, 0.5) is 0 Å². The van der Waals surface area contributed by atoms with E-state index >= 15 is 0 Å². The lowest BCUT2D eigenvalue weighted by Crippen LogP contribution is -2.42. The van der Waals surface area contributed by atoms with Crippen molar-refractivity contribution in [1.82, 2.24) is 10.2 Å². The molecule has 3 heteroatoms. The summed E-state index contributed by atoms with van der Waals surface area (Å²) in [7, 11) is 0. The molecule has 2 rings (SSSR count). The average Bonchev–Trinajstić information content (AvgIpc) is 2.63. The monoisotopic (exact) mass is 192 g/mol. The zero-order valence-electron chi connectivity index (χ0n) is 8.49. The molecule has 3 atom stereocenters. The van der Waals surface area contributed by atoms with E-state index in [-0.39, 0.29) is 12.3 Å². The topological polar surface area (TPSA) is 32.3 Å². The molecule has 0 saturated carbocycles. The summed E-state index contributed by atoms with van der Waals surface area (Å²) in [6.45, 7) is 4.10. The molecule has 3 unspecified atom stereocenters. The van der Waals surface area contributed by atoms with Gasteiger partial charge in [0.25, 0.3) is 0 Å². The highest BCUT2D eigenvalue weighted by molar-refractivity contribution is 5.79. The van der Waals surface area contributed by atoms with Gasteiger partial charge in [0.05, 0.1) is 6.42 Å². The van der Waals surface area contributed by atoms with Gasteiger partial charge in [-0.15, -0.1) is 6.42 Å². The highest BCUT2D eigenvalue weighted by atomic mass is 16.2. The maximum atomic E-state index is 11.8. The summed E-state index contributed by atoms with van der Waals surface area (Å²) in [5.41, 5.74) is 0. The van der Waals surface area contributed by atoms with E-state index in [0.717, 1.165) is 19.5 Å². The van der Waals surface area contributed by atoms with Crippen LogP contribution in [-0.2, 0) is 4.79 Å². The molecule has 2 heterocycles. The first-order valence-corrected chi connectivity index (χ1v) is 5.19. The van der Waals surface area contributed by atoms with Crippen LogP contribution in [0.3, 0.4) is 0 Å². The van der Waals surface area contributed by atoms with Crippen molar-refractivity contribution in [1.29, 1.82) is 0 Å². The molecule has 2 saturated heterocycles. The van der Waals surface area contributed by atoms with Crippen molar-refractivity contribution in [3.05, 3.63) is 0 Å². The van der Waals surface area contributed by atoms with Gasteiger partial charge in [-0.05, 0) is 19.3 Å². The van der Waals surface area contributed by atoms with Gasteiger partial charge >= 0.3 is 0 Å². The molecule has 76 valence electrons. The molecular weight excluding hydrogens is 176 g/mol. The lowest BCUT2D eigenvalue weighted by molar-refractivity contribution is -0.132. The van der Waals surface area contributed by atoms with E-state index in [1.165, 1.54) is 0 Å². The molecule has 0 aromatic carbocycles. The zero-order valence-corrected chi connectivity index (χ0v) is 8.49. The second-order valence-corrected chi connectivity index (χ2v) is 4.25. The molecule has 0 aliphatic carbocycles. The maximum absolute atomic E-state index is 11.8. The molecule has 2 aliphatic heterocycles. The highest BCUT2D eigenvalue weighted by Gasteiger charge is 2.43. The van der Waals surface area contributed by atoms with Crippen molar-refractivity contribution in [3.63, 3.8) is 0 Å². The van der Waals surface area contributed by atoms with Gasteiger partial charge in [-0.25, -0.2) is 0 Å². The number of nitrogens with one attached hydrogen (secondary N) is 1. The predicted octanol–water partition coefficient (Wildman–Crippen LogP) is 0.218. The largest absolute Gasteiger partial charge is 0.335 e. The Morgan fingerprint density at radius 3 is 3.14 bits per heavy atom. The van der Waals surface area contributed by atoms with Crippen molar-refractivity contribution >= 4 is 5.91 Å². The van der Waals surface area contributed by atoms with Crippen molar-refractivity contribution in [3.8, 4) is 12.3 Å². The van der Waals surface area contributed by atoms with Crippen molar-refractivity contribution < 1.29 is 4.79 Å². The number of hydrogen-bond acceptors (Lipinski definition) is 2. The van der Waals surface area contributed by atoms with Crippen LogP contribution in [0.2, 0.25) is 0 Å². The molecule has 0 aromatic heterocycles. The Bertz CT molecular complexity index is 282. The lowest BCUT2D eigenvalue weighted by Gasteiger charge is -2.26. The Morgan fingerprint density at radius 2 is 2.43 bits per heavy atom. The number of carbonyl (C=O) groups is 1. The number of carbonyl (C=O) groups excluding carboxylic acids is 1. The summed E-state index contributed by atoms with van der Waals surface area (Å²) >= 11 is 0. The number of likely N-dealkylation sites (tertiary alicyclic amines) is 1. The molecule has 0 spiro atoms. The van der Waals surface area contributed by atoms with Gasteiger partial charge in [0.15, 0.2) is 0 Å². The van der Waals surface area contributed by atoms with Crippen molar-refractivity contribution in [2.45, 2.75) is 31.8 Å². The SMILES string of the molecule is C#CCC(=O)N1C(C)CC2CNCC21. The lowest BCUT2D eigenvalue weighted by atomic mass is 10.0. The standard InChI is InChI=1S/C11H16N2O/c1-3-4-11(14)13-8(2)5-9-6-12-7-10(9)13/h1,8-10,12H,4-7H2,2H3. The Balaban J connectivity index is 2.10. The zero-order chi connectivity index (χ0) is 10.1. The van der Waals surface area contributed by atoms with Gasteiger partial charge in [-0.2, -0.15) is 0 Å². The fourth-order valence-electron chi connectivity index (χ4n) is 2.77. The first-order chi connectivity index (χ1) is 6.74. The Hall–Kier alpha value is -1.01. The summed E-state index contributed by atoms with van der Waals surface area (Å²) in [6.07, 6.45) is 6.53. The number of rotatable bonds is 1. The predicted molar refractivity (Wildman–Crippen MR) is 54.5 cm³/mol. The molecule has 1 amide bonds. The summed E-state index contributed by atoms with van der Waals surface area (Å²) in [6, 6.07) is 0.763. The third kappa shape index (κ3) is 1.40. The highest BCUT2D eigenvalue weighted by Crippen LogP contribution is 2.32. The van der Waals surface area contributed by atoms with Crippen LogP contribution in [0.15, 0.2) is 0 Å². The quantitative estimate of drug-likeness (QED) is 0.603. The van der Waals surface area contributed by atoms with Crippen molar-refractivity contribution in [2.24, 2.45) is 5.92 Å². The van der Waals surface area contributed by atoms with Gasteiger partial charge in [-0.1, -0.05) is 5.92 Å². The fraction of sp³-hybridized carbons (Fsp3) is 0.727. The van der Waals surface area contributed by atoms with Crippen LogP contribution in [0.25, 0.3) is 0 Å². The molecule has 14 heavy (non-hydrogen) atoms.